The molecule has 1 rings (SSSR count). The summed E-state index contributed by atoms with van der Waals surface area (Å²) in [5.41, 5.74) is 0.229. The molecular formula is C11H11NO7S. The highest BCUT2D eigenvalue weighted by Gasteiger charge is 2.20. The molecule has 0 unspecified atom stereocenters. The lowest BCUT2D eigenvalue weighted by Gasteiger charge is -2.05. The Labute approximate surface area is 114 Å². The zero-order valence-corrected chi connectivity index (χ0v) is 10.9. The molecule has 0 saturated heterocycles. The standard InChI is InChI=1S/C11H11NO7S/c13-9(5-20(18,19)6-10(14)15)12-8-3-1-7(2-4-8)11(16)17/h1-4H,5-6H2,(H,12,13)(H,14,15)(H,16,17). The molecule has 0 aromatic heterocycles. The molecule has 8 nitrogen and oxygen atoms in total. The second-order valence-electron chi connectivity index (χ2n) is 3.86. The van der Waals surface area contributed by atoms with Crippen LogP contribution < -0.4 is 5.32 Å². The van der Waals surface area contributed by atoms with Crippen molar-refractivity contribution in [1.82, 2.24) is 0 Å². The highest BCUT2D eigenvalue weighted by molar-refractivity contribution is 7.92. The van der Waals surface area contributed by atoms with Crippen molar-refractivity contribution in [3.8, 4) is 0 Å². The van der Waals surface area contributed by atoms with Crippen LogP contribution in [0.25, 0.3) is 0 Å². The molecule has 0 saturated carbocycles. The maximum Gasteiger partial charge on any atom is 0.335 e. The Kier molecular flexibility index (Phi) is 4.81. The summed E-state index contributed by atoms with van der Waals surface area (Å²) in [6, 6.07) is 5.07. The number of carboxylic acid groups (broad SMARTS) is 2. The number of aromatic carboxylic acids is 1. The normalized spacial score (nSPS) is 10.8. The Balaban J connectivity index is 2.67. The molecule has 0 radical (unpaired) electrons. The van der Waals surface area contributed by atoms with Gasteiger partial charge in [0.15, 0.2) is 9.84 Å². The summed E-state index contributed by atoms with van der Waals surface area (Å²) >= 11 is 0. The molecule has 0 heterocycles. The van der Waals surface area contributed by atoms with E-state index in [1.807, 2.05) is 0 Å². The Morgan fingerprint density at radius 1 is 1.00 bits per heavy atom. The van der Waals surface area contributed by atoms with Gasteiger partial charge in [0.1, 0.15) is 11.5 Å². The minimum Gasteiger partial charge on any atom is -0.480 e. The number of benzene rings is 1. The van der Waals surface area contributed by atoms with Crippen molar-refractivity contribution in [3.05, 3.63) is 29.8 Å². The lowest BCUT2D eigenvalue weighted by atomic mass is 10.2. The molecule has 0 aliphatic heterocycles. The Bertz CT molecular complexity index is 633. The van der Waals surface area contributed by atoms with Crippen molar-refractivity contribution >= 4 is 33.4 Å². The predicted molar refractivity (Wildman–Crippen MR) is 68.3 cm³/mol. The number of carboxylic acids is 2. The third-order valence-electron chi connectivity index (χ3n) is 2.11. The third-order valence-corrected chi connectivity index (χ3v) is 3.50. The number of anilines is 1. The van der Waals surface area contributed by atoms with Crippen LogP contribution in [0.15, 0.2) is 24.3 Å². The molecular weight excluding hydrogens is 290 g/mol. The second-order valence-corrected chi connectivity index (χ2v) is 5.92. The van der Waals surface area contributed by atoms with Crippen molar-refractivity contribution < 1.29 is 33.0 Å². The Hall–Kier alpha value is -2.42. The largest absolute Gasteiger partial charge is 0.480 e. The number of hydrogen-bond acceptors (Lipinski definition) is 5. The molecule has 0 aliphatic rings. The van der Waals surface area contributed by atoms with Gasteiger partial charge in [0.25, 0.3) is 0 Å². The summed E-state index contributed by atoms with van der Waals surface area (Å²) in [7, 11) is -4.03. The van der Waals surface area contributed by atoms with Crippen LogP contribution in [0.1, 0.15) is 10.4 Å². The minimum atomic E-state index is -4.03. The third kappa shape index (κ3) is 5.06. The van der Waals surface area contributed by atoms with E-state index in [4.69, 9.17) is 10.2 Å². The van der Waals surface area contributed by atoms with Crippen LogP contribution in [0.3, 0.4) is 0 Å². The summed E-state index contributed by atoms with van der Waals surface area (Å²) in [6.45, 7) is 0. The summed E-state index contributed by atoms with van der Waals surface area (Å²) in [4.78, 5) is 32.3. The van der Waals surface area contributed by atoms with Crippen molar-refractivity contribution in [2.45, 2.75) is 0 Å². The number of hydrogen-bond donors (Lipinski definition) is 3. The van der Waals surface area contributed by atoms with Crippen molar-refractivity contribution in [2.24, 2.45) is 0 Å². The smallest absolute Gasteiger partial charge is 0.335 e. The first-order chi connectivity index (χ1) is 9.19. The lowest BCUT2D eigenvalue weighted by molar-refractivity contribution is -0.134. The van der Waals surface area contributed by atoms with Gasteiger partial charge in [-0.05, 0) is 24.3 Å². The topological polar surface area (TPSA) is 138 Å². The molecule has 1 amide bonds. The van der Waals surface area contributed by atoms with E-state index >= 15 is 0 Å². The van der Waals surface area contributed by atoms with Gasteiger partial charge in [0, 0.05) is 5.69 Å². The first-order valence-corrected chi connectivity index (χ1v) is 7.07. The number of aliphatic carboxylic acids is 1. The molecule has 3 N–H and O–H groups in total. The number of carbonyl (C=O) groups is 3. The van der Waals surface area contributed by atoms with Crippen LogP contribution in [0, 0.1) is 0 Å². The van der Waals surface area contributed by atoms with E-state index in [0.29, 0.717) is 0 Å². The van der Waals surface area contributed by atoms with Crippen LogP contribution >= 0.6 is 0 Å². The number of nitrogens with one attached hydrogen (secondary N) is 1. The van der Waals surface area contributed by atoms with Crippen LogP contribution in [-0.2, 0) is 19.4 Å². The minimum absolute atomic E-state index is 0.0153. The van der Waals surface area contributed by atoms with Crippen LogP contribution in [0.2, 0.25) is 0 Å². The van der Waals surface area contributed by atoms with E-state index < -0.39 is 39.2 Å². The van der Waals surface area contributed by atoms with Gasteiger partial charge >= 0.3 is 11.9 Å². The van der Waals surface area contributed by atoms with Gasteiger partial charge in [0.2, 0.25) is 5.91 Å². The molecule has 1 aromatic rings. The van der Waals surface area contributed by atoms with E-state index in [1.54, 1.807) is 0 Å². The number of sulfone groups is 1. The van der Waals surface area contributed by atoms with Gasteiger partial charge in [-0.3, -0.25) is 9.59 Å². The zero-order chi connectivity index (χ0) is 15.3. The van der Waals surface area contributed by atoms with Crippen LogP contribution in [0.5, 0.6) is 0 Å². The summed E-state index contributed by atoms with van der Waals surface area (Å²) in [6.07, 6.45) is 0. The van der Waals surface area contributed by atoms with Gasteiger partial charge in [-0.1, -0.05) is 0 Å². The fourth-order valence-corrected chi connectivity index (χ4v) is 2.28. The monoisotopic (exact) mass is 301 g/mol. The first-order valence-electron chi connectivity index (χ1n) is 5.25. The van der Waals surface area contributed by atoms with Gasteiger partial charge in [-0.25, -0.2) is 13.2 Å². The molecule has 0 fully saturated rings. The molecule has 108 valence electrons. The average molecular weight is 301 g/mol. The maximum atomic E-state index is 11.4. The van der Waals surface area contributed by atoms with Crippen LogP contribution in [-0.4, -0.2) is 48.0 Å². The van der Waals surface area contributed by atoms with Crippen molar-refractivity contribution in [1.29, 1.82) is 0 Å². The predicted octanol–water partition coefficient (Wildman–Crippen LogP) is -0.177. The molecule has 0 spiro atoms. The van der Waals surface area contributed by atoms with Gasteiger partial charge in [-0.2, -0.15) is 0 Å². The summed E-state index contributed by atoms with van der Waals surface area (Å²) in [5, 5.41) is 19.3. The summed E-state index contributed by atoms with van der Waals surface area (Å²) < 4.78 is 22.5. The highest BCUT2D eigenvalue weighted by atomic mass is 32.2. The highest BCUT2D eigenvalue weighted by Crippen LogP contribution is 2.09. The zero-order valence-electron chi connectivity index (χ0n) is 10.1. The molecule has 0 bridgehead atoms. The fraction of sp³-hybridized carbons (Fsp3) is 0.182. The van der Waals surface area contributed by atoms with E-state index in [9.17, 15) is 22.8 Å². The SMILES string of the molecule is O=C(O)CS(=O)(=O)CC(=O)Nc1ccc(C(=O)O)cc1. The van der Waals surface area contributed by atoms with E-state index in [2.05, 4.69) is 5.32 Å². The number of amides is 1. The molecule has 20 heavy (non-hydrogen) atoms. The molecule has 1 aromatic carbocycles. The van der Waals surface area contributed by atoms with Crippen molar-refractivity contribution in [2.75, 3.05) is 16.8 Å². The second kappa shape index (κ2) is 6.15. The Morgan fingerprint density at radius 3 is 2.00 bits per heavy atom. The van der Waals surface area contributed by atoms with Crippen LogP contribution in [0.4, 0.5) is 5.69 Å². The number of carbonyl (C=O) groups excluding carboxylic acids is 1. The van der Waals surface area contributed by atoms with Gasteiger partial charge in [-0.15, -0.1) is 0 Å². The first kappa shape index (κ1) is 15.6. The maximum absolute atomic E-state index is 11.4. The molecule has 0 atom stereocenters. The Morgan fingerprint density at radius 2 is 1.55 bits per heavy atom. The van der Waals surface area contributed by atoms with E-state index in [-0.39, 0.29) is 11.3 Å². The van der Waals surface area contributed by atoms with E-state index in [0.717, 1.165) is 0 Å². The van der Waals surface area contributed by atoms with Gasteiger partial charge < -0.3 is 15.5 Å². The number of rotatable bonds is 6. The summed E-state index contributed by atoms with van der Waals surface area (Å²) in [5.74, 6) is -5.65. The lowest BCUT2D eigenvalue weighted by Crippen LogP contribution is -2.27. The molecule has 0 aliphatic carbocycles. The van der Waals surface area contributed by atoms with E-state index in [1.165, 1.54) is 24.3 Å². The fourth-order valence-electron chi connectivity index (χ4n) is 1.33. The average Bonchev–Trinajstić information content (AvgIpc) is 2.26. The van der Waals surface area contributed by atoms with Crippen molar-refractivity contribution in [3.63, 3.8) is 0 Å². The van der Waals surface area contributed by atoms with Gasteiger partial charge in [0.05, 0.1) is 5.56 Å². The molecule has 9 heteroatoms. The quantitative estimate of drug-likeness (QED) is 0.662.